The number of hydrogen-bond acceptors (Lipinski definition) is 7. The van der Waals surface area contributed by atoms with Crippen molar-refractivity contribution in [3.8, 4) is 11.4 Å². The summed E-state index contributed by atoms with van der Waals surface area (Å²) in [7, 11) is 0. The molecule has 3 aromatic rings. The molecule has 3 heterocycles. The number of pyridine rings is 1. The molecular weight excluding hydrogens is 422 g/mol. The lowest BCUT2D eigenvalue weighted by Crippen LogP contribution is -2.38. The van der Waals surface area contributed by atoms with E-state index in [1.54, 1.807) is 17.9 Å². The molecule has 0 spiro atoms. The van der Waals surface area contributed by atoms with Crippen molar-refractivity contribution >= 4 is 23.5 Å². The molecular formula is C23H27N7O3. The first-order valence-electron chi connectivity index (χ1n) is 11.0. The first kappa shape index (κ1) is 22.3. The van der Waals surface area contributed by atoms with Crippen LogP contribution in [0.4, 0.5) is 16.3 Å². The fourth-order valence-corrected chi connectivity index (χ4v) is 3.67. The number of nitrogens with zero attached hydrogens (tertiary/aromatic N) is 5. The quantitative estimate of drug-likeness (QED) is 0.575. The molecule has 4 rings (SSSR count). The lowest BCUT2D eigenvalue weighted by Gasteiger charge is -2.23. The van der Waals surface area contributed by atoms with Gasteiger partial charge in [-0.15, -0.1) is 0 Å². The molecule has 2 N–H and O–H groups in total. The Morgan fingerprint density at radius 1 is 1.15 bits per heavy atom. The van der Waals surface area contributed by atoms with Gasteiger partial charge >= 0.3 is 12.0 Å². The first-order chi connectivity index (χ1) is 16.0. The third kappa shape index (κ3) is 5.46. The summed E-state index contributed by atoms with van der Waals surface area (Å²) in [5, 5.41) is 9.98. The van der Waals surface area contributed by atoms with E-state index in [2.05, 4.69) is 30.4 Å². The van der Waals surface area contributed by atoms with Crippen molar-refractivity contribution in [2.45, 2.75) is 20.3 Å². The zero-order valence-corrected chi connectivity index (χ0v) is 18.7. The Bertz CT molecular complexity index is 1110. The Balaban J connectivity index is 1.36. The molecule has 1 aliphatic rings. The van der Waals surface area contributed by atoms with Crippen molar-refractivity contribution in [1.82, 2.24) is 25.1 Å². The molecule has 1 aromatic carbocycles. The number of H-pyrrole nitrogens is 1. The molecule has 0 unspecified atom stereocenters. The molecule has 0 saturated carbocycles. The van der Waals surface area contributed by atoms with Crippen molar-refractivity contribution in [2.24, 2.45) is 0 Å². The SMILES string of the molecule is CCOC(=O)c1ccc(N2CCCN(C(=O)Nc3cccc(-c4n[nH]c(C)n4)c3)CC2)nc1. The highest BCUT2D eigenvalue weighted by Gasteiger charge is 2.20. The number of hydrogen-bond donors (Lipinski definition) is 2. The van der Waals surface area contributed by atoms with Crippen molar-refractivity contribution in [3.05, 3.63) is 54.0 Å². The number of anilines is 2. The Hall–Kier alpha value is -3.95. The highest BCUT2D eigenvalue weighted by atomic mass is 16.5. The van der Waals surface area contributed by atoms with Crippen LogP contribution in [0, 0.1) is 6.92 Å². The van der Waals surface area contributed by atoms with Crippen molar-refractivity contribution in [2.75, 3.05) is 43.0 Å². The van der Waals surface area contributed by atoms with E-state index in [-0.39, 0.29) is 12.0 Å². The van der Waals surface area contributed by atoms with Gasteiger partial charge in [-0.1, -0.05) is 12.1 Å². The lowest BCUT2D eigenvalue weighted by molar-refractivity contribution is 0.0526. The molecule has 10 heteroatoms. The van der Waals surface area contributed by atoms with E-state index in [0.29, 0.717) is 43.3 Å². The van der Waals surface area contributed by atoms with E-state index in [9.17, 15) is 9.59 Å². The Morgan fingerprint density at radius 3 is 2.76 bits per heavy atom. The van der Waals surface area contributed by atoms with E-state index in [1.807, 2.05) is 37.3 Å². The maximum atomic E-state index is 12.9. The molecule has 0 bridgehead atoms. The zero-order valence-electron chi connectivity index (χ0n) is 18.7. The molecule has 0 atom stereocenters. The summed E-state index contributed by atoms with van der Waals surface area (Å²) in [6.45, 7) is 6.57. The van der Waals surface area contributed by atoms with Crippen LogP contribution >= 0.6 is 0 Å². The maximum Gasteiger partial charge on any atom is 0.339 e. The standard InChI is InChI=1S/C23H27N7O3/c1-3-33-22(31)18-8-9-20(24-15-18)29-10-5-11-30(13-12-29)23(32)26-19-7-4-6-17(14-19)21-25-16(2)27-28-21/h4,6-9,14-15H,3,5,10-13H2,1-2H3,(H,26,32)(H,25,27,28). The third-order valence-electron chi connectivity index (χ3n) is 5.34. The first-order valence-corrected chi connectivity index (χ1v) is 11.0. The smallest absolute Gasteiger partial charge is 0.339 e. The van der Waals surface area contributed by atoms with E-state index in [4.69, 9.17) is 4.74 Å². The number of rotatable bonds is 5. The van der Waals surface area contributed by atoms with Crippen LogP contribution in [0.25, 0.3) is 11.4 Å². The van der Waals surface area contributed by atoms with Gasteiger partial charge in [-0.2, -0.15) is 5.10 Å². The van der Waals surface area contributed by atoms with Gasteiger partial charge in [-0.05, 0) is 44.5 Å². The van der Waals surface area contributed by atoms with Crippen LogP contribution in [0.15, 0.2) is 42.6 Å². The molecule has 10 nitrogen and oxygen atoms in total. The van der Waals surface area contributed by atoms with Gasteiger partial charge in [0.1, 0.15) is 11.6 Å². The van der Waals surface area contributed by atoms with Gasteiger partial charge in [-0.25, -0.2) is 19.6 Å². The average Bonchev–Trinajstić information content (AvgIpc) is 3.11. The molecule has 172 valence electrons. The summed E-state index contributed by atoms with van der Waals surface area (Å²) in [6, 6.07) is 10.9. The second-order valence-electron chi connectivity index (χ2n) is 7.71. The summed E-state index contributed by atoms with van der Waals surface area (Å²) in [4.78, 5) is 37.4. The largest absolute Gasteiger partial charge is 0.462 e. The Morgan fingerprint density at radius 2 is 2.03 bits per heavy atom. The number of esters is 1. The highest BCUT2D eigenvalue weighted by molar-refractivity contribution is 5.90. The number of aryl methyl sites for hydroxylation is 1. The molecule has 2 amide bonds. The van der Waals surface area contributed by atoms with Gasteiger partial charge in [0.2, 0.25) is 0 Å². The number of urea groups is 1. The van der Waals surface area contributed by atoms with Crippen molar-refractivity contribution in [1.29, 1.82) is 0 Å². The minimum atomic E-state index is -0.377. The maximum absolute atomic E-state index is 12.9. The monoisotopic (exact) mass is 449 g/mol. The average molecular weight is 450 g/mol. The van der Waals surface area contributed by atoms with Gasteiger partial charge in [0.05, 0.1) is 12.2 Å². The second-order valence-corrected chi connectivity index (χ2v) is 7.71. The van der Waals surface area contributed by atoms with Gasteiger partial charge in [0.15, 0.2) is 5.82 Å². The number of amides is 2. The van der Waals surface area contributed by atoms with Crippen LogP contribution in [-0.4, -0.2) is 69.9 Å². The van der Waals surface area contributed by atoms with Crippen LogP contribution in [0.3, 0.4) is 0 Å². The van der Waals surface area contributed by atoms with Crippen LogP contribution in [0.1, 0.15) is 29.5 Å². The van der Waals surface area contributed by atoms with E-state index < -0.39 is 0 Å². The normalized spacial score (nSPS) is 14.0. The van der Waals surface area contributed by atoms with Gasteiger partial charge in [0, 0.05) is 43.6 Å². The number of ether oxygens (including phenoxy) is 1. The molecule has 1 aliphatic heterocycles. The van der Waals surface area contributed by atoms with Crippen LogP contribution in [0.5, 0.6) is 0 Å². The van der Waals surface area contributed by atoms with Gasteiger partial charge in [-0.3, -0.25) is 5.10 Å². The van der Waals surface area contributed by atoms with Crippen LogP contribution < -0.4 is 10.2 Å². The number of benzene rings is 1. The van der Waals surface area contributed by atoms with Gasteiger partial charge in [0.25, 0.3) is 0 Å². The van der Waals surface area contributed by atoms with Crippen molar-refractivity contribution in [3.63, 3.8) is 0 Å². The molecule has 1 fully saturated rings. The van der Waals surface area contributed by atoms with Crippen LogP contribution in [0.2, 0.25) is 0 Å². The predicted octanol–water partition coefficient (Wildman–Crippen LogP) is 3.10. The minimum absolute atomic E-state index is 0.147. The van der Waals surface area contributed by atoms with Crippen molar-refractivity contribution < 1.29 is 14.3 Å². The summed E-state index contributed by atoms with van der Waals surface area (Å²) in [5.41, 5.74) is 1.95. The topological polar surface area (TPSA) is 116 Å². The molecule has 2 aromatic heterocycles. The van der Waals surface area contributed by atoms with E-state index >= 15 is 0 Å². The number of aromatic nitrogens is 4. The number of aromatic amines is 1. The lowest BCUT2D eigenvalue weighted by atomic mass is 10.2. The second kappa shape index (κ2) is 10.1. The molecule has 33 heavy (non-hydrogen) atoms. The minimum Gasteiger partial charge on any atom is -0.462 e. The summed E-state index contributed by atoms with van der Waals surface area (Å²) in [5.74, 6) is 1.73. The van der Waals surface area contributed by atoms with E-state index in [0.717, 1.165) is 30.2 Å². The van der Waals surface area contributed by atoms with E-state index in [1.165, 1.54) is 6.20 Å². The fourth-order valence-electron chi connectivity index (χ4n) is 3.67. The summed E-state index contributed by atoms with van der Waals surface area (Å²) >= 11 is 0. The Labute approximate surface area is 192 Å². The molecule has 1 saturated heterocycles. The predicted molar refractivity (Wildman–Crippen MR) is 124 cm³/mol. The van der Waals surface area contributed by atoms with Gasteiger partial charge < -0.3 is 19.9 Å². The third-order valence-corrected chi connectivity index (χ3v) is 5.34. The highest BCUT2D eigenvalue weighted by Crippen LogP contribution is 2.20. The molecule has 0 aliphatic carbocycles. The summed E-state index contributed by atoms with van der Waals surface area (Å²) < 4.78 is 5.00. The number of carbonyl (C=O) groups is 2. The Kier molecular flexibility index (Phi) is 6.82. The number of nitrogens with one attached hydrogen (secondary N) is 2. The summed E-state index contributed by atoms with van der Waals surface area (Å²) in [6.07, 6.45) is 2.34. The zero-order chi connectivity index (χ0) is 23.2. The van der Waals surface area contributed by atoms with Crippen LogP contribution in [-0.2, 0) is 4.74 Å². The molecule has 0 radical (unpaired) electrons. The fraction of sp³-hybridized carbons (Fsp3) is 0.348. The number of carbonyl (C=O) groups excluding carboxylic acids is 2.